The maximum atomic E-state index is 13.9. The lowest BCUT2D eigenvalue weighted by Crippen LogP contribution is -2.08. The molecule has 19 heavy (non-hydrogen) atoms. The molecule has 0 bridgehead atoms. The lowest BCUT2D eigenvalue weighted by molar-refractivity contribution is 0.350. The van der Waals surface area contributed by atoms with Crippen molar-refractivity contribution in [3.05, 3.63) is 35.1 Å². The molecule has 0 spiro atoms. The van der Waals surface area contributed by atoms with Crippen LogP contribution >= 0.6 is 11.8 Å². The van der Waals surface area contributed by atoms with Crippen LogP contribution in [0.15, 0.2) is 18.2 Å². The van der Waals surface area contributed by atoms with Gasteiger partial charge < -0.3 is 5.11 Å². The fourth-order valence-corrected chi connectivity index (χ4v) is 3.64. The summed E-state index contributed by atoms with van der Waals surface area (Å²) in [7, 11) is 0. The Labute approximate surface area is 118 Å². The zero-order valence-electron chi connectivity index (χ0n) is 11.0. The Morgan fingerprint density at radius 2 is 2.05 bits per heavy atom. The molecule has 0 amide bonds. The highest BCUT2D eigenvalue weighted by Crippen LogP contribution is 2.31. The molecule has 3 heteroatoms. The lowest BCUT2D eigenvalue weighted by Gasteiger charge is -2.21. The Balaban J connectivity index is 1.93. The maximum absolute atomic E-state index is 13.9. The van der Waals surface area contributed by atoms with E-state index in [4.69, 9.17) is 5.11 Å². The SMILES string of the molecule is OCC#Cc1ccc(CSC2CCCCC2)c(F)c1. The van der Waals surface area contributed by atoms with Crippen molar-refractivity contribution in [2.75, 3.05) is 6.61 Å². The summed E-state index contributed by atoms with van der Waals surface area (Å²) in [5, 5.41) is 9.31. The van der Waals surface area contributed by atoms with E-state index in [0.717, 1.165) is 11.3 Å². The van der Waals surface area contributed by atoms with Gasteiger partial charge in [0.1, 0.15) is 12.4 Å². The average Bonchev–Trinajstić information content (AvgIpc) is 2.45. The highest BCUT2D eigenvalue weighted by Gasteiger charge is 2.14. The van der Waals surface area contributed by atoms with Gasteiger partial charge in [-0.1, -0.05) is 37.2 Å². The van der Waals surface area contributed by atoms with Crippen molar-refractivity contribution in [1.29, 1.82) is 0 Å². The van der Waals surface area contributed by atoms with Crippen molar-refractivity contribution in [1.82, 2.24) is 0 Å². The zero-order chi connectivity index (χ0) is 13.5. The number of thioether (sulfide) groups is 1. The number of rotatable bonds is 3. The van der Waals surface area contributed by atoms with E-state index in [0.29, 0.717) is 10.8 Å². The first kappa shape index (κ1) is 14.4. The molecule has 0 atom stereocenters. The Morgan fingerprint density at radius 3 is 2.74 bits per heavy atom. The van der Waals surface area contributed by atoms with E-state index in [1.54, 1.807) is 0 Å². The van der Waals surface area contributed by atoms with Crippen LogP contribution in [-0.2, 0) is 5.75 Å². The lowest BCUT2D eigenvalue weighted by atomic mass is 10.0. The van der Waals surface area contributed by atoms with Crippen molar-refractivity contribution < 1.29 is 9.50 Å². The molecule has 1 fully saturated rings. The van der Waals surface area contributed by atoms with Crippen LogP contribution in [0.5, 0.6) is 0 Å². The molecular formula is C16H19FOS. The van der Waals surface area contributed by atoms with Crippen molar-refractivity contribution >= 4 is 11.8 Å². The van der Waals surface area contributed by atoms with E-state index in [9.17, 15) is 4.39 Å². The molecule has 1 aliphatic rings. The van der Waals surface area contributed by atoms with Crippen LogP contribution in [0, 0.1) is 17.7 Å². The van der Waals surface area contributed by atoms with Gasteiger partial charge in [-0.05, 0) is 30.5 Å². The van der Waals surface area contributed by atoms with Crippen molar-refractivity contribution in [2.45, 2.75) is 43.1 Å². The van der Waals surface area contributed by atoms with E-state index in [2.05, 4.69) is 11.8 Å². The Kier molecular flexibility index (Phi) is 5.75. The quantitative estimate of drug-likeness (QED) is 0.850. The number of aliphatic hydroxyl groups excluding tert-OH is 1. The number of benzene rings is 1. The van der Waals surface area contributed by atoms with Crippen LogP contribution in [0.1, 0.15) is 43.2 Å². The van der Waals surface area contributed by atoms with Gasteiger partial charge in [0.2, 0.25) is 0 Å². The summed E-state index contributed by atoms with van der Waals surface area (Å²) in [6.45, 7) is -0.194. The van der Waals surface area contributed by atoms with E-state index in [1.165, 1.54) is 38.2 Å². The third kappa shape index (κ3) is 4.56. The van der Waals surface area contributed by atoms with E-state index < -0.39 is 0 Å². The fourth-order valence-electron chi connectivity index (χ4n) is 2.32. The van der Waals surface area contributed by atoms with Gasteiger partial charge in [-0.3, -0.25) is 0 Å². The Hall–Kier alpha value is -0.980. The van der Waals surface area contributed by atoms with Gasteiger partial charge in [-0.25, -0.2) is 4.39 Å². The average molecular weight is 278 g/mol. The van der Waals surface area contributed by atoms with Gasteiger partial charge in [-0.15, -0.1) is 0 Å². The largest absolute Gasteiger partial charge is 0.384 e. The standard InChI is InChI=1S/C16H19FOS/c17-16-11-13(5-4-10-18)8-9-14(16)12-19-15-6-2-1-3-7-15/h8-9,11,15,18H,1-3,6-7,10,12H2. The van der Waals surface area contributed by atoms with Gasteiger partial charge in [0.25, 0.3) is 0 Å². The van der Waals surface area contributed by atoms with Crippen molar-refractivity contribution in [2.24, 2.45) is 0 Å². The predicted molar refractivity (Wildman–Crippen MR) is 78.5 cm³/mol. The first-order valence-electron chi connectivity index (χ1n) is 6.79. The van der Waals surface area contributed by atoms with Gasteiger partial charge in [0.15, 0.2) is 0 Å². The summed E-state index contributed by atoms with van der Waals surface area (Å²) in [5.41, 5.74) is 1.38. The molecule has 1 nitrogen and oxygen atoms in total. The molecule has 1 aromatic carbocycles. The summed E-state index contributed by atoms with van der Waals surface area (Å²) in [4.78, 5) is 0. The zero-order valence-corrected chi connectivity index (χ0v) is 11.8. The Morgan fingerprint density at radius 1 is 1.26 bits per heavy atom. The van der Waals surface area contributed by atoms with Gasteiger partial charge in [0.05, 0.1) is 0 Å². The van der Waals surface area contributed by atoms with Crippen molar-refractivity contribution in [3.8, 4) is 11.8 Å². The van der Waals surface area contributed by atoms with Gasteiger partial charge in [-0.2, -0.15) is 11.8 Å². The van der Waals surface area contributed by atoms with Gasteiger partial charge in [0, 0.05) is 16.6 Å². The summed E-state index contributed by atoms with van der Waals surface area (Å²) < 4.78 is 13.9. The van der Waals surface area contributed by atoms with Crippen LogP contribution < -0.4 is 0 Å². The molecule has 0 radical (unpaired) electrons. The monoisotopic (exact) mass is 278 g/mol. The molecule has 0 saturated heterocycles. The minimum absolute atomic E-state index is 0.187. The van der Waals surface area contributed by atoms with Crippen LogP contribution in [0.4, 0.5) is 4.39 Å². The van der Waals surface area contributed by atoms with E-state index in [1.807, 2.05) is 23.9 Å². The molecule has 2 rings (SSSR count). The van der Waals surface area contributed by atoms with Gasteiger partial charge >= 0.3 is 0 Å². The first-order chi connectivity index (χ1) is 9.29. The number of aliphatic hydroxyl groups is 1. The second-order valence-electron chi connectivity index (χ2n) is 4.84. The predicted octanol–water partition coefficient (Wildman–Crippen LogP) is 3.74. The molecule has 1 aromatic rings. The topological polar surface area (TPSA) is 20.2 Å². The fraction of sp³-hybridized carbons (Fsp3) is 0.500. The molecule has 0 heterocycles. The van der Waals surface area contributed by atoms with Crippen LogP contribution in [0.2, 0.25) is 0 Å². The Bertz CT molecular complexity index is 469. The molecule has 1 saturated carbocycles. The molecule has 0 aliphatic heterocycles. The van der Waals surface area contributed by atoms with E-state index >= 15 is 0 Å². The van der Waals surface area contributed by atoms with Crippen LogP contribution in [0.3, 0.4) is 0 Å². The molecule has 1 N–H and O–H groups in total. The maximum Gasteiger partial charge on any atom is 0.128 e. The number of hydrogen-bond acceptors (Lipinski definition) is 2. The number of hydrogen-bond donors (Lipinski definition) is 1. The second-order valence-corrected chi connectivity index (χ2v) is 6.13. The highest BCUT2D eigenvalue weighted by atomic mass is 32.2. The summed E-state index contributed by atoms with van der Waals surface area (Å²) >= 11 is 1.87. The normalized spacial score (nSPS) is 15.9. The minimum atomic E-state index is -0.194. The first-order valence-corrected chi connectivity index (χ1v) is 7.84. The summed E-state index contributed by atoms with van der Waals surface area (Å²) in [6.07, 6.45) is 6.52. The third-order valence-corrected chi connectivity index (χ3v) is 4.81. The summed E-state index contributed by atoms with van der Waals surface area (Å²) in [6, 6.07) is 5.09. The van der Waals surface area contributed by atoms with Crippen LogP contribution in [-0.4, -0.2) is 17.0 Å². The minimum Gasteiger partial charge on any atom is -0.384 e. The third-order valence-electron chi connectivity index (χ3n) is 3.39. The van der Waals surface area contributed by atoms with Crippen molar-refractivity contribution in [3.63, 3.8) is 0 Å². The summed E-state index contributed by atoms with van der Waals surface area (Å²) in [5.74, 6) is 5.80. The molecule has 0 unspecified atom stereocenters. The molecule has 102 valence electrons. The van der Waals surface area contributed by atoms with E-state index in [-0.39, 0.29) is 12.4 Å². The van der Waals surface area contributed by atoms with Crippen LogP contribution in [0.25, 0.3) is 0 Å². The molecular weight excluding hydrogens is 259 g/mol. The molecule has 0 aromatic heterocycles. The second kappa shape index (κ2) is 7.57. The molecule has 1 aliphatic carbocycles. The number of halogens is 1. The highest BCUT2D eigenvalue weighted by molar-refractivity contribution is 7.99. The smallest absolute Gasteiger partial charge is 0.128 e.